The third-order valence-electron chi connectivity index (χ3n) is 3.12. The first kappa shape index (κ1) is 13.9. The van der Waals surface area contributed by atoms with Crippen LogP contribution in [-0.4, -0.2) is 28.4 Å². The van der Waals surface area contributed by atoms with Crippen molar-refractivity contribution in [3.63, 3.8) is 0 Å². The third-order valence-corrected chi connectivity index (χ3v) is 3.12. The molecule has 1 unspecified atom stereocenters. The molecule has 1 atom stereocenters. The number of methoxy groups -OCH3 is 1. The second-order valence-corrected chi connectivity index (χ2v) is 4.49. The van der Waals surface area contributed by atoms with Crippen LogP contribution in [0, 0.1) is 13.8 Å². The second-order valence-electron chi connectivity index (χ2n) is 4.49. The van der Waals surface area contributed by atoms with Crippen molar-refractivity contribution in [1.82, 2.24) is 10.2 Å². The number of anilines is 1. The number of rotatable bonds is 5. The van der Waals surface area contributed by atoms with E-state index in [-0.39, 0.29) is 0 Å². The van der Waals surface area contributed by atoms with Crippen molar-refractivity contribution in [2.24, 2.45) is 0 Å². The van der Waals surface area contributed by atoms with E-state index in [1.165, 1.54) is 0 Å². The van der Waals surface area contributed by atoms with E-state index in [9.17, 15) is 9.90 Å². The highest BCUT2D eigenvalue weighted by Crippen LogP contribution is 2.25. The Bertz CT molecular complexity index is 585. The summed E-state index contributed by atoms with van der Waals surface area (Å²) in [4.78, 5) is 11.5. The van der Waals surface area contributed by atoms with Crippen molar-refractivity contribution >= 4 is 11.7 Å². The first-order valence-electron chi connectivity index (χ1n) is 6.17. The van der Waals surface area contributed by atoms with Gasteiger partial charge in [-0.2, -0.15) is 5.10 Å². The summed E-state index contributed by atoms with van der Waals surface area (Å²) in [6, 6.07) is 6.26. The predicted octanol–water partition coefficient (Wildman–Crippen LogP) is 2.27. The van der Waals surface area contributed by atoms with Gasteiger partial charge in [0.05, 0.1) is 12.8 Å². The van der Waals surface area contributed by atoms with Crippen LogP contribution in [-0.2, 0) is 4.79 Å². The lowest BCUT2D eigenvalue weighted by molar-refractivity contribution is -0.138. The molecule has 0 amide bonds. The van der Waals surface area contributed by atoms with Crippen LogP contribution < -0.4 is 10.1 Å². The average Bonchev–Trinajstić information content (AvgIpc) is 2.76. The van der Waals surface area contributed by atoms with Gasteiger partial charge in [0.15, 0.2) is 6.04 Å². The van der Waals surface area contributed by atoms with Gasteiger partial charge in [-0.05, 0) is 38.1 Å². The molecule has 2 aromatic rings. The lowest BCUT2D eigenvalue weighted by Gasteiger charge is -2.16. The van der Waals surface area contributed by atoms with Gasteiger partial charge in [0.1, 0.15) is 5.75 Å². The van der Waals surface area contributed by atoms with Gasteiger partial charge in [-0.25, -0.2) is 4.79 Å². The maximum Gasteiger partial charge on any atom is 0.330 e. The Morgan fingerprint density at radius 1 is 1.35 bits per heavy atom. The van der Waals surface area contributed by atoms with Gasteiger partial charge in [0.2, 0.25) is 0 Å². The summed E-state index contributed by atoms with van der Waals surface area (Å²) in [7, 11) is 1.58. The number of nitrogens with one attached hydrogen (secondary N) is 2. The van der Waals surface area contributed by atoms with E-state index in [0.29, 0.717) is 16.9 Å². The third kappa shape index (κ3) is 2.74. The summed E-state index contributed by atoms with van der Waals surface area (Å²) >= 11 is 0. The number of nitrogens with zero attached hydrogens (tertiary/aromatic N) is 1. The fourth-order valence-electron chi connectivity index (χ4n) is 2.10. The Kier molecular flexibility index (Phi) is 3.93. The summed E-state index contributed by atoms with van der Waals surface area (Å²) in [6.07, 6.45) is 0. The Balaban J connectivity index is 2.28. The zero-order valence-corrected chi connectivity index (χ0v) is 11.6. The molecule has 2 rings (SSSR count). The van der Waals surface area contributed by atoms with E-state index in [0.717, 1.165) is 11.4 Å². The number of carboxylic acid groups (broad SMARTS) is 1. The Labute approximate surface area is 116 Å². The van der Waals surface area contributed by atoms with Crippen molar-refractivity contribution in [1.29, 1.82) is 0 Å². The fourth-order valence-corrected chi connectivity index (χ4v) is 2.10. The summed E-state index contributed by atoms with van der Waals surface area (Å²) in [5.41, 5.74) is 2.79. The molecule has 6 heteroatoms. The molecule has 1 aromatic carbocycles. The SMILES string of the molecule is COc1ccc(NC(C(=O)O)c2c(C)n[nH]c2C)cc1. The summed E-state index contributed by atoms with van der Waals surface area (Å²) in [5.74, 6) is -0.230. The normalized spacial score (nSPS) is 11.9. The molecule has 1 aromatic heterocycles. The van der Waals surface area contributed by atoms with Crippen LogP contribution in [0.4, 0.5) is 5.69 Å². The van der Waals surface area contributed by atoms with Crippen LogP contribution >= 0.6 is 0 Å². The van der Waals surface area contributed by atoms with Crippen LogP contribution in [0.2, 0.25) is 0 Å². The largest absolute Gasteiger partial charge is 0.497 e. The molecule has 0 saturated carbocycles. The minimum absolute atomic E-state index is 0.660. The number of aromatic amines is 1. The minimum Gasteiger partial charge on any atom is -0.497 e. The van der Waals surface area contributed by atoms with E-state index in [1.54, 1.807) is 45.2 Å². The summed E-state index contributed by atoms with van der Waals surface area (Å²) in [5, 5.41) is 19.3. The standard InChI is InChI=1S/C14H17N3O3/c1-8-12(9(2)17-16-8)13(14(18)19)15-10-4-6-11(20-3)7-5-10/h4-7,13,15H,1-3H3,(H,16,17)(H,18,19). The predicted molar refractivity (Wildman–Crippen MR) is 75.1 cm³/mol. The molecule has 1 heterocycles. The molecule has 0 saturated heterocycles. The van der Waals surface area contributed by atoms with Crippen molar-refractivity contribution in [2.45, 2.75) is 19.9 Å². The number of aromatic nitrogens is 2. The molecule has 20 heavy (non-hydrogen) atoms. The van der Waals surface area contributed by atoms with Gasteiger partial charge in [-0.1, -0.05) is 0 Å². The van der Waals surface area contributed by atoms with Gasteiger partial charge >= 0.3 is 5.97 Å². The number of ether oxygens (including phenoxy) is 1. The maximum absolute atomic E-state index is 11.5. The van der Waals surface area contributed by atoms with Crippen molar-refractivity contribution in [2.75, 3.05) is 12.4 Å². The van der Waals surface area contributed by atoms with Crippen LogP contribution in [0.1, 0.15) is 23.0 Å². The van der Waals surface area contributed by atoms with E-state index >= 15 is 0 Å². The number of aliphatic carboxylic acids is 1. The molecular weight excluding hydrogens is 258 g/mol. The van der Waals surface area contributed by atoms with Gasteiger partial charge < -0.3 is 15.2 Å². The topological polar surface area (TPSA) is 87.2 Å². The number of hydrogen-bond acceptors (Lipinski definition) is 4. The quantitative estimate of drug-likeness (QED) is 0.779. The first-order chi connectivity index (χ1) is 9.52. The average molecular weight is 275 g/mol. The highest BCUT2D eigenvalue weighted by Gasteiger charge is 2.25. The molecule has 0 bridgehead atoms. The maximum atomic E-state index is 11.5. The molecule has 0 aliphatic rings. The number of benzene rings is 1. The molecule has 106 valence electrons. The molecular formula is C14H17N3O3. The van der Waals surface area contributed by atoms with E-state index in [1.807, 2.05) is 0 Å². The van der Waals surface area contributed by atoms with E-state index in [2.05, 4.69) is 15.5 Å². The van der Waals surface area contributed by atoms with Crippen LogP contribution in [0.3, 0.4) is 0 Å². The monoisotopic (exact) mass is 275 g/mol. The smallest absolute Gasteiger partial charge is 0.330 e. The Morgan fingerprint density at radius 3 is 2.45 bits per heavy atom. The molecule has 6 nitrogen and oxygen atoms in total. The lowest BCUT2D eigenvalue weighted by Crippen LogP contribution is -2.21. The van der Waals surface area contributed by atoms with Crippen molar-refractivity contribution < 1.29 is 14.6 Å². The lowest BCUT2D eigenvalue weighted by atomic mass is 10.0. The van der Waals surface area contributed by atoms with Gasteiger partial charge in [0.25, 0.3) is 0 Å². The van der Waals surface area contributed by atoms with E-state index < -0.39 is 12.0 Å². The molecule has 0 radical (unpaired) electrons. The summed E-state index contributed by atoms with van der Waals surface area (Å²) in [6.45, 7) is 3.59. The highest BCUT2D eigenvalue weighted by molar-refractivity contribution is 5.80. The highest BCUT2D eigenvalue weighted by atomic mass is 16.5. The van der Waals surface area contributed by atoms with Crippen molar-refractivity contribution in [3.05, 3.63) is 41.2 Å². The molecule has 0 aliphatic heterocycles. The molecule has 0 fully saturated rings. The fraction of sp³-hybridized carbons (Fsp3) is 0.286. The van der Waals surface area contributed by atoms with E-state index in [4.69, 9.17) is 4.74 Å². The van der Waals surface area contributed by atoms with Gasteiger partial charge in [-0.15, -0.1) is 0 Å². The van der Waals surface area contributed by atoms with Gasteiger partial charge in [-0.3, -0.25) is 5.10 Å². The van der Waals surface area contributed by atoms with Gasteiger partial charge in [0, 0.05) is 16.9 Å². The van der Waals surface area contributed by atoms with Crippen LogP contribution in [0.25, 0.3) is 0 Å². The Hall–Kier alpha value is -2.50. The Morgan fingerprint density at radius 2 is 2.00 bits per heavy atom. The first-order valence-corrected chi connectivity index (χ1v) is 6.17. The molecule has 0 spiro atoms. The number of H-pyrrole nitrogens is 1. The molecule has 0 aliphatic carbocycles. The number of hydrogen-bond donors (Lipinski definition) is 3. The van der Waals surface area contributed by atoms with Crippen LogP contribution in [0.15, 0.2) is 24.3 Å². The zero-order chi connectivity index (χ0) is 14.7. The van der Waals surface area contributed by atoms with Crippen LogP contribution in [0.5, 0.6) is 5.75 Å². The molecule has 3 N–H and O–H groups in total. The number of carbonyl (C=O) groups is 1. The second kappa shape index (κ2) is 5.64. The zero-order valence-electron chi connectivity index (χ0n) is 11.6. The number of aryl methyl sites for hydroxylation is 2. The van der Waals surface area contributed by atoms with Crippen molar-refractivity contribution in [3.8, 4) is 5.75 Å². The number of carboxylic acids is 1. The minimum atomic E-state index is -0.951. The summed E-state index contributed by atoms with van der Waals surface area (Å²) < 4.78 is 5.07.